The fourth-order valence-electron chi connectivity index (χ4n) is 3.26. The van der Waals surface area contributed by atoms with Gasteiger partial charge in [-0.25, -0.2) is 0 Å². The summed E-state index contributed by atoms with van der Waals surface area (Å²) in [4.78, 5) is 23.6. The van der Waals surface area contributed by atoms with E-state index in [2.05, 4.69) is 6.58 Å². The molecule has 4 atom stereocenters. The second kappa shape index (κ2) is 5.08. The quantitative estimate of drug-likeness (QED) is 0.481. The zero-order valence-corrected chi connectivity index (χ0v) is 11.1. The van der Waals surface area contributed by atoms with Crippen LogP contribution >= 0.6 is 0 Å². The van der Waals surface area contributed by atoms with Gasteiger partial charge in [-0.05, 0) is 23.8 Å². The number of benzene rings is 1. The summed E-state index contributed by atoms with van der Waals surface area (Å²) in [7, 11) is 0. The zero-order valence-electron chi connectivity index (χ0n) is 11.1. The molecule has 1 aromatic rings. The number of ether oxygens (including phenoxy) is 1. The molecule has 1 aromatic carbocycles. The lowest BCUT2D eigenvalue weighted by Crippen LogP contribution is -2.19. The molecular weight excluding hydrogens is 252 g/mol. The summed E-state index contributed by atoms with van der Waals surface area (Å²) >= 11 is 0. The molecule has 20 heavy (non-hydrogen) atoms. The van der Waals surface area contributed by atoms with Crippen molar-refractivity contribution >= 4 is 18.0 Å². The molecule has 1 heterocycles. The maximum Gasteiger partial charge on any atom is 0.318 e. The molecule has 0 N–H and O–H groups in total. The molecule has 0 amide bonds. The Bertz CT molecular complexity index is 573. The maximum absolute atomic E-state index is 11.8. The molecule has 0 aromatic heterocycles. The van der Waals surface area contributed by atoms with Gasteiger partial charge in [0.1, 0.15) is 0 Å². The smallest absolute Gasteiger partial charge is 0.318 e. The van der Waals surface area contributed by atoms with Gasteiger partial charge in [0.15, 0.2) is 0 Å². The predicted octanol–water partition coefficient (Wildman–Crippen LogP) is 2.84. The highest BCUT2D eigenvalue weighted by molar-refractivity contribution is 5.97. The average Bonchev–Trinajstić information content (AvgIpc) is 2.97. The van der Waals surface area contributed by atoms with Crippen LogP contribution in [0.25, 0.3) is 6.08 Å². The first-order valence-electron chi connectivity index (χ1n) is 6.82. The van der Waals surface area contributed by atoms with Crippen LogP contribution in [0.4, 0.5) is 0 Å². The minimum absolute atomic E-state index is 0.0318. The van der Waals surface area contributed by atoms with Crippen LogP contribution in [0.2, 0.25) is 0 Å². The highest BCUT2D eigenvalue weighted by atomic mass is 16.6. The normalized spacial score (nSPS) is 32.4. The molecule has 2 aliphatic rings. The van der Waals surface area contributed by atoms with E-state index in [-0.39, 0.29) is 35.6 Å². The molecule has 1 saturated carbocycles. The van der Waals surface area contributed by atoms with E-state index >= 15 is 0 Å². The molecule has 3 heteroatoms. The SMILES string of the molecule is C=C[C@@H]1C[C@H](C=Cc2ccccc2)[C@@H]2C(=O)OC(=O)[C@@H]21. The first kappa shape index (κ1) is 12.9. The van der Waals surface area contributed by atoms with Crippen molar-refractivity contribution in [2.75, 3.05) is 0 Å². The molecule has 0 radical (unpaired) electrons. The molecule has 0 unspecified atom stereocenters. The molecule has 2 fully saturated rings. The number of fused-ring (bicyclic) bond motifs is 1. The van der Waals surface area contributed by atoms with E-state index < -0.39 is 0 Å². The van der Waals surface area contributed by atoms with Crippen LogP contribution in [0.5, 0.6) is 0 Å². The Kier molecular flexibility index (Phi) is 3.26. The number of esters is 2. The van der Waals surface area contributed by atoms with Crippen molar-refractivity contribution in [2.45, 2.75) is 6.42 Å². The first-order chi connectivity index (χ1) is 9.70. The van der Waals surface area contributed by atoms with Crippen molar-refractivity contribution in [3.63, 3.8) is 0 Å². The third-order valence-electron chi connectivity index (χ3n) is 4.24. The summed E-state index contributed by atoms with van der Waals surface area (Å²) < 4.78 is 4.78. The second-order valence-corrected chi connectivity index (χ2v) is 5.36. The van der Waals surface area contributed by atoms with Crippen LogP contribution in [0.15, 0.2) is 49.1 Å². The topological polar surface area (TPSA) is 43.4 Å². The molecular formula is C17H16O3. The Labute approximate surface area is 117 Å². The molecule has 3 rings (SSSR count). The van der Waals surface area contributed by atoms with Gasteiger partial charge in [0.2, 0.25) is 0 Å². The van der Waals surface area contributed by atoms with Crippen molar-refractivity contribution < 1.29 is 14.3 Å². The van der Waals surface area contributed by atoms with Crippen LogP contribution in [-0.4, -0.2) is 11.9 Å². The Morgan fingerprint density at radius 3 is 2.35 bits per heavy atom. The standard InChI is InChI=1S/C17H16O3/c1-2-12-10-13(9-8-11-6-4-3-5-7-11)15-14(12)16(18)20-17(15)19/h2-9,12-15H,1,10H2/t12-,13+,14-,15+/m1/s1. The predicted molar refractivity (Wildman–Crippen MR) is 75.3 cm³/mol. The van der Waals surface area contributed by atoms with Gasteiger partial charge >= 0.3 is 11.9 Å². The van der Waals surface area contributed by atoms with E-state index in [1.807, 2.05) is 42.5 Å². The third kappa shape index (κ3) is 2.09. The van der Waals surface area contributed by atoms with Crippen LogP contribution < -0.4 is 0 Å². The molecule has 102 valence electrons. The van der Waals surface area contributed by atoms with Crippen molar-refractivity contribution in [1.82, 2.24) is 0 Å². The number of cyclic esters (lactones) is 2. The van der Waals surface area contributed by atoms with Gasteiger partial charge in [-0.15, -0.1) is 6.58 Å². The van der Waals surface area contributed by atoms with Crippen LogP contribution in [-0.2, 0) is 14.3 Å². The van der Waals surface area contributed by atoms with Gasteiger partial charge in [0, 0.05) is 0 Å². The lowest BCUT2D eigenvalue weighted by atomic mass is 9.89. The first-order valence-corrected chi connectivity index (χ1v) is 6.82. The monoisotopic (exact) mass is 268 g/mol. The zero-order chi connectivity index (χ0) is 14.1. The van der Waals surface area contributed by atoms with Crippen molar-refractivity contribution in [2.24, 2.45) is 23.7 Å². The summed E-state index contributed by atoms with van der Waals surface area (Å²) in [6, 6.07) is 9.91. The molecule has 0 spiro atoms. The van der Waals surface area contributed by atoms with Gasteiger partial charge in [0.05, 0.1) is 11.8 Å². The fourth-order valence-corrected chi connectivity index (χ4v) is 3.26. The Morgan fingerprint density at radius 1 is 1.05 bits per heavy atom. The lowest BCUT2D eigenvalue weighted by molar-refractivity contribution is -0.154. The Balaban J connectivity index is 1.84. The fraction of sp³-hybridized carbons (Fsp3) is 0.294. The number of carbonyl (C=O) groups is 2. The number of rotatable bonds is 3. The lowest BCUT2D eigenvalue weighted by Gasteiger charge is -2.08. The number of carbonyl (C=O) groups excluding carboxylic acids is 2. The summed E-state index contributed by atoms with van der Waals surface area (Å²) in [5.41, 5.74) is 1.09. The average molecular weight is 268 g/mol. The number of hydrogen-bond donors (Lipinski definition) is 0. The van der Waals surface area contributed by atoms with Gasteiger partial charge < -0.3 is 4.74 Å². The van der Waals surface area contributed by atoms with Crippen molar-refractivity contribution in [3.8, 4) is 0 Å². The minimum Gasteiger partial charge on any atom is -0.393 e. The highest BCUT2D eigenvalue weighted by Gasteiger charge is 2.55. The van der Waals surface area contributed by atoms with Gasteiger partial charge in [0.25, 0.3) is 0 Å². The van der Waals surface area contributed by atoms with Crippen LogP contribution in [0, 0.1) is 23.7 Å². The summed E-state index contributed by atoms with van der Waals surface area (Å²) in [5.74, 6) is -1.38. The minimum atomic E-state index is -0.388. The van der Waals surface area contributed by atoms with E-state index in [0.29, 0.717) is 0 Å². The summed E-state index contributed by atoms with van der Waals surface area (Å²) in [5, 5.41) is 0. The second-order valence-electron chi connectivity index (χ2n) is 5.36. The highest BCUT2D eigenvalue weighted by Crippen LogP contribution is 2.47. The molecule has 1 saturated heterocycles. The number of hydrogen-bond acceptors (Lipinski definition) is 3. The van der Waals surface area contributed by atoms with Crippen molar-refractivity contribution in [3.05, 3.63) is 54.6 Å². The van der Waals surface area contributed by atoms with E-state index in [9.17, 15) is 9.59 Å². The largest absolute Gasteiger partial charge is 0.393 e. The van der Waals surface area contributed by atoms with Crippen LogP contribution in [0.1, 0.15) is 12.0 Å². The summed E-state index contributed by atoms with van der Waals surface area (Å²) in [6.45, 7) is 3.77. The third-order valence-corrected chi connectivity index (χ3v) is 4.24. The Morgan fingerprint density at radius 2 is 1.70 bits per heavy atom. The molecule has 1 aliphatic heterocycles. The van der Waals surface area contributed by atoms with Crippen LogP contribution in [0.3, 0.4) is 0 Å². The maximum atomic E-state index is 11.8. The van der Waals surface area contributed by atoms with Crippen molar-refractivity contribution in [1.29, 1.82) is 0 Å². The van der Waals surface area contributed by atoms with Gasteiger partial charge in [-0.2, -0.15) is 0 Å². The van der Waals surface area contributed by atoms with E-state index in [1.165, 1.54) is 0 Å². The summed E-state index contributed by atoms with van der Waals surface area (Å²) in [6.07, 6.45) is 6.58. The van der Waals surface area contributed by atoms with Gasteiger partial charge in [-0.1, -0.05) is 48.6 Å². The molecule has 1 aliphatic carbocycles. The van der Waals surface area contributed by atoms with Gasteiger partial charge in [-0.3, -0.25) is 9.59 Å². The molecule has 3 nitrogen and oxygen atoms in total. The number of allylic oxidation sites excluding steroid dienone is 2. The van der Waals surface area contributed by atoms with E-state index in [1.54, 1.807) is 6.08 Å². The van der Waals surface area contributed by atoms with E-state index in [4.69, 9.17) is 4.74 Å². The Hall–Kier alpha value is -2.16. The van der Waals surface area contributed by atoms with E-state index in [0.717, 1.165) is 12.0 Å². The molecule has 0 bridgehead atoms.